The maximum absolute atomic E-state index is 8.93. The molecule has 0 aromatic heterocycles. The van der Waals surface area contributed by atoms with Gasteiger partial charge in [-0.15, -0.1) is 0 Å². The van der Waals surface area contributed by atoms with Gasteiger partial charge in [0.1, 0.15) is 0 Å². The molecule has 2 heteroatoms. The van der Waals surface area contributed by atoms with Crippen LogP contribution in [-0.4, -0.2) is 23.4 Å². The zero-order valence-electron chi connectivity index (χ0n) is 7.88. The predicted octanol–water partition coefficient (Wildman–Crippen LogP) is 1.50. The Morgan fingerprint density at radius 2 is 2.00 bits per heavy atom. The minimum Gasteiger partial charge on any atom is -0.396 e. The van der Waals surface area contributed by atoms with Gasteiger partial charge in [-0.25, -0.2) is 0 Å². The second kappa shape index (κ2) is 5.98. The Morgan fingerprint density at radius 1 is 1.42 bits per heavy atom. The van der Waals surface area contributed by atoms with Gasteiger partial charge in [-0.2, -0.15) is 0 Å². The van der Waals surface area contributed by atoms with E-state index >= 15 is 0 Å². The summed E-state index contributed by atoms with van der Waals surface area (Å²) in [5, 5.41) is 17.6. The van der Waals surface area contributed by atoms with Gasteiger partial charge in [-0.3, -0.25) is 0 Å². The van der Waals surface area contributed by atoms with Gasteiger partial charge < -0.3 is 10.2 Å². The van der Waals surface area contributed by atoms with Crippen LogP contribution in [0.3, 0.4) is 0 Å². The van der Waals surface area contributed by atoms with Crippen molar-refractivity contribution in [3.63, 3.8) is 0 Å². The highest BCUT2D eigenvalue weighted by molar-refractivity contribution is 5.04. The van der Waals surface area contributed by atoms with Gasteiger partial charge in [0, 0.05) is 12.5 Å². The van der Waals surface area contributed by atoms with Gasteiger partial charge in [-0.05, 0) is 20.3 Å². The first-order valence-electron chi connectivity index (χ1n) is 4.14. The van der Waals surface area contributed by atoms with Crippen LogP contribution in [-0.2, 0) is 0 Å². The summed E-state index contributed by atoms with van der Waals surface area (Å²) >= 11 is 0. The Labute approximate surface area is 74.2 Å². The highest BCUT2D eigenvalue weighted by atomic mass is 16.3. The smallest absolute Gasteiger partial charge is 0.0639 e. The van der Waals surface area contributed by atoms with Crippen molar-refractivity contribution in [1.82, 2.24) is 0 Å². The average molecular weight is 170 g/mol. The predicted molar refractivity (Wildman–Crippen MR) is 50.8 cm³/mol. The first kappa shape index (κ1) is 11.4. The fraction of sp³-hybridized carbons (Fsp3) is 0.600. The molecule has 1 unspecified atom stereocenters. The van der Waals surface area contributed by atoms with Crippen molar-refractivity contribution >= 4 is 0 Å². The Bertz CT molecular complexity index is 171. The lowest BCUT2D eigenvalue weighted by Gasteiger charge is -2.11. The molecule has 0 fully saturated rings. The van der Waals surface area contributed by atoms with Crippen molar-refractivity contribution in [3.8, 4) is 0 Å². The molecule has 0 rings (SSSR count). The first-order valence-corrected chi connectivity index (χ1v) is 4.14. The number of aliphatic hydroxyl groups is 2. The number of allylic oxidation sites excluding steroid dienone is 1. The van der Waals surface area contributed by atoms with E-state index < -0.39 is 0 Å². The van der Waals surface area contributed by atoms with Crippen molar-refractivity contribution < 1.29 is 10.2 Å². The fourth-order valence-corrected chi connectivity index (χ4v) is 0.840. The van der Waals surface area contributed by atoms with E-state index in [1.807, 2.05) is 19.9 Å². The normalized spacial score (nSPS) is 14.5. The van der Waals surface area contributed by atoms with Crippen LogP contribution in [0, 0.1) is 5.92 Å². The van der Waals surface area contributed by atoms with Gasteiger partial charge in [0.25, 0.3) is 0 Å². The minimum atomic E-state index is 0.0916. The summed E-state index contributed by atoms with van der Waals surface area (Å²) in [5.74, 6) is 0.131. The number of rotatable bonds is 5. The monoisotopic (exact) mass is 170 g/mol. The zero-order chi connectivity index (χ0) is 9.56. The van der Waals surface area contributed by atoms with Crippen LogP contribution in [0.25, 0.3) is 0 Å². The maximum Gasteiger partial charge on any atom is 0.0639 e. The molecule has 1 atom stereocenters. The summed E-state index contributed by atoms with van der Waals surface area (Å²) in [7, 11) is 0. The summed E-state index contributed by atoms with van der Waals surface area (Å²) < 4.78 is 0. The molecule has 0 spiro atoms. The third-order valence-electron chi connectivity index (χ3n) is 1.92. The number of hydrogen-bond donors (Lipinski definition) is 2. The van der Waals surface area contributed by atoms with Gasteiger partial charge in [-0.1, -0.05) is 23.8 Å². The van der Waals surface area contributed by atoms with Crippen LogP contribution in [0.1, 0.15) is 20.3 Å². The van der Waals surface area contributed by atoms with Gasteiger partial charge >= 0.3 is 0 Å². The maximum atomic E-state index is 8.93. The minimum absolute atomic E-state index is 0.0916. The second-order valence-electron chi connectivity index (χ2n) is 3.17. The van der Waals surface area contributed by atoms with Gasteiger partial charge in [0.2, 0.25) is 0 Å². The lowest BCUT2D eigenvalue weighted by Crippen LogP contribution is -2.05. The highest BCUT2D eigenvalue weighted by Gasteiger charge is 2.05. The lowest BCUT2D eigenvalue weighted by molar-refractivity contribution is 0.247. The van der Waals surface area contributed by atoms with Crippen molar-refractivity contribution in [2.24, 2.45) is 5.92 Å². The van der Waals surface area contributed by atoms with E-state index in [-0.39, 0.29) is 19.1 Å². The summed E-state index contributed by atoms with van der Waals surface area (Å²) in [5.41, 5.74) is 1.93. The molecule has 0 saturated heterocycles. The largest absolute Gasteiger partial charge is 0.396 e. The van der Waals surface area contributed by atoms with E-state index in [1.54, 1.807) is 0 Å². The van der Waals surface area contributed by atoms with Crippen LogP contribution in [0.5, 0.6) is 0 Å². The van der Waals surface area contributed by atoms with E-state index in [1.165, 1.54) is 0 Å². The lowest BCUT2D eigenvalue weighted by atomic mass is 9.98. The summed E-state index contributed by atoms with van der Waals surface area (Å²) in [4.78, 5) is 0. The molecular formula is C10H18O2. The van der Waals surface area contributed by atoms with Crippen LogP contribution >= 0.6 is 0 Å². The third kappa shape index (κ3) is 4.31. The Hall–Kier alpha value is -0.600. The van der Waals surface area contributed by atoms with Crippen LogP contribution < -0.4 is 0 Å². The molecule has 2 N–H and O–H groups in total. The van der Waals surface area contributed by atoms with E-state index in [4.69, 9.17) is 10.2 Å². The molecule has 0 bridgehead atoms. The third-order valence-corrected chi connectivity index (χ3v) is 1.92. The quantitative estimate of drug-likeness (QED) is 0.614. The molecule has 0 aromatic carbocycles. The molecule has 0 saturated carbocycles. The molecule has 2 nitrogen and oxygen atoms in total. The molecule has 0 aromatic rings. The van der Waals surface area contributed by atoms with E-state index in [0.29, 0.717) is 0 Å². The topological polar surface area (TPSA) is 40.5 Å². The van der Waals surface area contributed by atoms with Crippen molar-refractivity contribution in [3.05, 3.63) is 23.8 Å². The number of aliphatic hydroxyl groups excluding tert-OH is 2. The highest BCUT2D eigenvalue weighted by Crippen LogP contribution is 2.13. The SMILES string of the molecule is C=C(C)C(CO)CC=C(C)CO. The molecule has 70 valence electrons. The first-order chi connectivity index (χ1) is 5.61. The summed E-state index contributed by atoms with van der Waals surface area (Å²) in [6, 6.07) is 0. The summed E-state index contributed by atoms with van der Waals surface area (Å²) in [6.45, 7) is 7.77. The van der Waals surface area contributed by atoms with E-state index in [2.05, 4.69) is 6.58 Å². The standard InChI is InChI=1S/C10H18O2/c1-8(2)10(7-12)5-4-9(3)6-11/h4,10-12H,1,5-7H2,2-3H3. The Kier molecular flexibility index (Phi) is 5.68. The molecule has 0 aliphatic heterocycles. The van der Waals surface area contributed by atoms with Gasteiger partial charge in [0.05, 0.1) is 6.61 Å². The Balaban J connectivity index is 3.96. The second-order valence-corrected chi connectivity index (χ2v) is 3.17. The zero-order valence-corrected chi connectivity index (χ0v) is 7.88. The van der Waals surface area contributed by atoms with Crippen molar-refractivity contribution in [2.75, 3.05) is 13.2 Å². The molecular weight excluding hydrogens is 152 g/mol. The molecule has 0 heterocycles. The van der Waals surface area contributed by atoms with E-state index in [9.17, 15) is 0 Å². The van der Waals surface area contributed by atoms with Crippen molar-refractivity contribution in [2.45, 2.75) is 20.3 Å². The Morgan fingerprint density at radius 3 is 2.33 bits per heavy atom. The number of hydrogen-bond acceptors (Lipinski definition) is 2. The van der Waals surface area contributed by atoms with Gasteiger partial charge in [0.15, 0.2) is 0 Å². The molecule has 0 aliphatic carbocycles. The molecule has 0 amide bonds. The van der Waals surface area contributed by atoms with Crippen LogP contribution in [0.15, 0.2) is 23.8 Å². The molecule has 0 aliphatic rings. The van der Waals surface area contributed by atoms with Crippen LogP contribution in [0.4, 0.5) is 0 Å². The fourth-order valence-electron chi connectivity index (χ4n) is 0.840. The average Bonchev–Trinajstić information content (AvgIpc) is 2.04. The molecule has 12 heavy (non-hydrogen) atoms. The summed E-state index contributed by atoms with van der Waals surface area (Å²) in [6.07, 6.45) is 2.70. The van der Waals surface area contributed by atoms with Crippen molar-refractivity contribution in [1.29, 1.82) is 0 Å². The molecule has 0 radical (unpaired) electrons. The van der Waals surface area contributed by atoms with E-state index in [0.717, 1.165) is 17.6 Å². The van der Waals surface area contributed by atoms with Crippen LogP contribution in [0.2, 0.25) is 0 Å².